The third-order valence-electron chi connectivity index (χ3n) is 16.6. The third kappa shape index (κ3) is 68.2. The summed E-state index contributed by atoms with van der Waals surface area (Å²) in [4.78, 5) is 38.5. The lowest BCUT2D eigenvalue weighted by molar-refractivity contribution is -0.167. The Hall–Kier alpha value is -2.63. The van der Waals surface area contributed by atoms with E-state index in [9.17, 15) is 14.4 Å². The molecule has 0 amide bonds. The molecule has 0 bridgehead atoms. The molecule has 0 rings (SSSR count). The highest BCUT2D eigenvalue weighted by Crippen LogP contribution is 2.19. The maximum absolute atomic E-state index is 12.9. The van der Waals surface area contributed by atoms with Crippen LogP contribution in [0.1, 0.15) is 400 Å². The van der Waals surface area contributed by atoms with Crippen molar-refractivity contribution in [1.82, 2.24) is 0 Å². The SMILES string of the molecule is CC/C=C\C/C=C\C/C=C\CCCCCCCCCC(=O)OC(COC(=O)CCCCCCCCC/C=C\CCCCCCCC)COC(=O)CCCCCCCCCCCCCCCCCCCCCCCCCCCCCCCC. The molecule has 0 aliphatic rings. The van der Waals surface area contributed by atoms with Crippen LogP contribution in [0.4, 0.5) is 0 Å². The quantitative estimate of drug-likeness (QED) is 0.0261. The first kappa shape index (κ1) is 79.4. The van der Waals surface area contributed by atoms with Crippen LogP contribution in [0.3, 0.4) is 0 Å². The molecule has 480 valence electrons. The molecule has 0 aromatic rings. The third-order valence-corrected chi connectivity index (χ3v) is 16.6. The van der Waals surface area contributed by atoms with Gasteiger partial charge in [-0.25, -0.2) is 0 Å². The van der Waals surface area contributed by atoms with Crippen LogP contribution < -0.4 is 0 Å². The summed E-state index contributed by atoms with van der Waals surface area (Å²) < 4.78 is 17.0. The molecule has 1 atom stereocenters. The zero-order valence-electron chi connectivity index (χ0n) is 55.3. The molecule has 0 radical (unpaired) electrons. The maximum atomic E-state index is 12.9. The fraction of sp³-hybridized carbons (Fsp3) is 0.855. The van der Waals surface area contributed by atoms with Crippen LogP contribution in [0, 0.1) is 0 Å². The molecule has 6 nitrogen and oxygen atoms in total. The number of unbranched alkanes of at least 4 members (excludes halogenated alkanes) is 49. The largest absolute Gasteiger partial charge is 0.462 e. The van der Waals surface area contributed by atoms with Crippen molar-refractivity contribution in [2.75, 3.05) is 13.2 Å². The van der Waals surface area contributed by atoms with E-state index in [1.807, 2.05) is 0 Å². The van der Waals surface area contributed by atoms with Crippen LogP contribution in [0.2, 0.25) is 0 Å². The molecule has 0 aromatic carbocycles. The van der Waals surface area contributed by atoms with Crippen LogP contribution in [0.25, 0.3) is 0 Å². The number of allylic oxidation sites excluding steroid dienone is 8. The molecule has 1 unspecified atom stereocenters. The number of hydrogen-bond donors (Lipinski definition) is 0. The normalized spacial score (nSPS) is 12.3. The summed E-state index contributed by atoms with van der Waals surface area (Å²) >= 11 is 0. The van der Waals surface area contributed by atoms with Crippen LogP contribution >= 0.6 is 0 Å². The smallest absolute Gasteiger partial charge is 0.306 e. The molecule has 0 heterocycles. The van der Waals surface area contributed by atoms with Crippen LogP contribution in [0.5, 0.6) is 0 Å². The summed E-state index contributed by atoms with van der Waals surface area (Å²) in [6, 6.07) is 0. The minimum absolute atomic E-state index is 0.0745. The number of esters is 3. The van der Waals surface area contributed by atoms with Crippen molar-refractivity contribution in [3.05, 3.63) is 48.6 Å². The van der Waals surface area contributed by atoms with Gasteiger partial charge in [-0.2, -0.15) is 0 Å². The van der Waals surface area contributed by atoms with Crippen molar-refractivity contribution in [2.24, 2.45) is 0 Å². The van der Waals surface area contributed by atoms with Crippen molar-refractivity contribution in [3.8, 4) is 0 Å². The first-order valence-corrected chi connectivity index (χ1v) is 36.6. The maximum Gasteiger partial charge on any atom is 0.306 e. The summed E-state index contributed by atoms with van der Waals surface area (Å²) in [6.45, 7) is 6.59. The fourth-order valence-corrected chi connectivity index (χ4v) is 11.1. The Morgan fingerprint density at radius 1 is 0.256 bits per heavy atom. The number of hydrogen-bond acceptors (Lipinski definition) is 6. The number of ether oxygens (including phenoxy) is 3. The Balaban J connectivity index is 4.20. The van der Waals surface area contributed by atoms with Crippen molar-refractivity contribution in [2.45, 2.75) is 406 Å². The van der Waals surface area contributed by atoms with Gasteiger partial charge in [0.15, 0.2) is 6.10 Å². The molecule has 0 aliphatic carbocycles. The van der Waals surface area contributed by atoms with E-state index in [-0.39, 0.29) is 31.1 Å². The number of carbonyl (C=O) groups excluding carboxylic acids is 3. The Morgan fingerprint density at radius 2 is 0.476 bits per heavy atom. The minimum Gasteiger partial charge on any atom is -0.462 e. The van der Waals surface area contributed by atoms with E-state index < -0.39 is 6.10 Å². The van der Waals surface area contributed by atoms with E-state index in [0.29, 0.717) is 19.3 Å². The van der Waals surface area contributed by atoms with Crippen LogP contribution in [0.15, 0.2) is 48.6 Å². The summed E-state index contributed by atoms with van der Waals surface area (Å²) in [6.07, 6.45) is 90.1. The average molecular weight is 1150 g/mol. The molecule has 0 N–H and O–H groups in total. The molecule has 0 saturated carbocycles. The molecule has 0 spiro atoms. The molecule has 6 heteroatoms. The van der Waals surface area contributed by atoms with Crippen molar-refractivity contribution >= 4 is 17.9 Å². The average Bonchev–Trinajstić information content (AvgIpc) is 3.47. The predicted molar refractivity (Wildman–Crippen MR) is 358 cm³/mol. The van der Waals surface area contributed by atoms with Crippen LogP contribution in [-0.2, 0) is 28.6 Å². The predicted octanol–water partition coefficient (Wildman–Crippen LogP) is 25.3. The highest BCUT2D eigenvalue weighted by atomic mass is 16.6. The second-order valence-corrected chi connectivity index (χ2v) is 24.8. The first-order valence-electron chi connectivity index (χ1n) is 36.6. The highest BCUT2D eigenvalue weighted by molar-refractivity contribution is 5.71. The van der Waals surface area contributed by atoms with E-state index in [0.717, 1.165) is 83.5 Å². The van der Waals surface area contributed by atoms with E-state index in [2.05, 4.69) is 69.4 Å². The van der Waals surface area contributed by atoms with Gasteiger partial charge >= 0.3 is 17.9 Å². The fourth-order valence-electron chi connectivity index (χ4n) is 11.1. The first-order chi connectivity index (χ1) is 40.5. The van der Waals surface area contributed by atoms with Gasteiger partial charge in [0.05, 0.1) is 0 Å². The van der Waals surface area contributed by atoms with Gasteiger partial charge in [0.1, 0.15) is 13.2 Å². The van der Waals surface area contributed by atoms with E-state index in [4.69, 9.17) is 14.2 Å². The Bertz CT molecular complexity index is 1410. The minimum atomic E-state index is -0.780. The summed E-state index contributed by atoms with van der Waals surface area (Å²) in [5.74, 6) is -0.862. The molecule has 0 aromatic heterocycles. The topological polar surface area (TPSA) is 78.9 Å². The van der Waals surface area contributed by atoms with Crippen molar-refractivity contribution in [1.29, 1.82) is 0 Å². The van der Waals surface area contributed by atoms with Gasteiger partial charge in [0.2, 0.25) is 0 Å². The molecule has 82 heavy (non-hydrogen) atoms. The summed E-state index contributed by atoms with van der Waals surface area (Å²) in [5, 5.41) is 0. The monoisotopic (exact) mass is 1150 g/mol. The van der Waals surface area contributed by atoms with Gasteiger partial charge < -0.3 is 14.2 Å². The molecule has 0 fully saturated rings. The Kier molecular flexibility index (Phi) is 68.6. The summed E-state index contributed by atoms with van der Waals surface area (Å²) in [5.41, 5.74) is 0. The Morgan fingerprint density at radius 3 is 0.756 bits per heavy atom. The standard InChI is InChI=1S/C76H140O6/c1-4-7-10-13-16-19-22-25-28-31-32-33-34-35-36-37-38-39-40-41-42-43-46-48-51-54-57-60-63-66-69-75(78)81-72-73(82-76(79)70-67-64-61-58-55-52-49-45-30-27-24-21-18-15-12-9-6-3)71-80-74(77)68-65-62-59-56-53-50-47-44-29-26-23-20-17-14-11-8-5-2/h9,12,18,21,26-27,29-30,73H,4-8,10-11,13-17,19-20,22-25,28,31-72H2,1-3H3/b12-9-,21-18-,29-26-,30-27-. The van der Waals surface area contributed by atoms with Gasteiger partial charge in [-0.1, -0.05) is 352 Å². The van der Waals surface area contributed by atoms with Crippen LogP contribution in [-0.4, -0.2) is 37.2 Å². The van der Waals surface area contributed by atoms with Gasteiger partial charge in [-0.3, -0.25) is 14.4 Å². The summed E-state index contributed by atoms with van der Waals surface area (Å²) in [7, 11) is 0. The second-order valence-electron chi connectivity index (χ2n) is 24.8. The lowest BCUT2D eigenvalue weighted by Gasteiger charge is -2.18. The molecule has 0 saturated heterocycles. The Labute approximate surface area is 511 Å². The van der Waals surface area contributed by atoms with Gasteiger partial charge in [-0.05, 0) is 77.0 Å². The van der Waals surface area contributed by atoms with Crippen molar-refractivity contribution in [3.63, 3.8) is 0 Å². The number of rotatable bonds is 68. The van der Waals surface area contributed by atoms with E-state index in [1.54, 1.807) is 0 Å². The van der Waals surface area contributed by atoms with E-state index in [1.165, 1.54) is 276 Å². The second kappa shape index (κ2) is 70.9. The molecular weight excluding hydrogens is 1010 g/mol. The number of carbonyl (C=O) groups is 3. The zero-order valence-corrected chi connectivity index (χ0v) is 55.3. The zero-order chi connectivity index (χ0) is 59.2. The highest BCUT2D eigenvalue weighted by Gasteiger charge is 2.19. The molecular formula is C76H140O6. The van der Waals surface area contributed by atoms with Gasteiger partial charge in [0.25, 0.3) is 0 Å². The van der Waals surface area contributed by atoms with Gasteiger partial charge in [0, 0.05) is 19.3 Å². The lowest BCUT2D eigenvalue weighted by Crippen LogP contribution is -2.30. The van der Waals surface area contributed by atoms with E-state index >= 15 is 0 Å². The molecule has 0 aliphatic heterocycles. The lowest BCUT2D eigenvalue weighted by atomic mass is 10.0. The van der Waals surface area contributed by atoms with Gasteiger partial charge in [-0.15, -0.1) is 0 Å². The van der Waals surface area contributed by atoms with Crippen molar-refractivity contribution < 1.29 is 28.6 Å².